The van der Waals surface area contributed by atoms with Crippen LogP contribution in [0.3, 0.4) is 0 Å². The number of aryl methyl sites for hydroxylation is 1. The first-order chi connectivity index (χ1) is 14.2. The van der Waals surface area contributed by atoms with Gasteiger partial charge in [0.25, 0.3) is 5.91 Å². The van der Waals surface area contributed by atoms with E-state index < -0.39 is 24.7 Å². The lowest BCUT2D eigenvalue weighted by Gasteiger charge is -2.11. The van der Waals surface area contributed by atoms with Crippen molar-refractivity contribution >= 4 is 16.8 Å². The monoisotopic (exact) mass is 423 g/mol. The quantitative estimate of drug-likeness (QED) is 0.604. The first-order valence-corrected chi connectivity index (χ1v) is 9.05. The highest BCUT2D eigenvalue weighted by Gasteiger charge is 2.28. The lowest BCUT2D eigenvalue weighted by Crippen LogP contribution is -2.35. The number of carbonyl (C=O) groups excluding carboxylic acids is 1. The second-order valence-corrected chi connectivity index (χ2v) is 6.82. The molecule has 1 unspecified atom stereocenters. The van der Waals surface area contributed by atoms with E-state index in [4.69, 9.17) is 9.84 Å². The lowest BCUT2D eigenvalue weighted by molar-refractivity contribution is -0.153. The Morgan fingerprint density at radius 3 is 2.80 bits per heavy atom. The van der Waals surface area contributed by atoms with Crippen molar-refractivity contribution in [2.24, 2.45) is 0 Å². The Bertz CT molecular complexity index is 1050. The molecular formula is C19H20F3N5O3. The molecule has 3 aromatic heterocycles. The van der Waals surface area contributed by atoms with Gasteiger partial charge in [-0.25, -0.2) is 0 Å². The van der Waals surface area contributed by atoms with Gasteiger partial charge in [-0.1, -0.05) is 0 Å². The number of nitrogens with one attached hydrogen (secondary N) is 1. The van der Waals surface area contributed by atoms with Gasteiger partial charge in [-0.05, 0) is 31.5 Å². The summed E-state index contributed by atoms with van der Waals surface area (Å²) in [5.74, 6) is -0.371. The van der Waals surface area contributed by atoms with E-state index in [1.165, 1.54) is 12.4 Å². The summed E-state index contributed by atoms with van der Waals surface area (Å²) in [6.07, 6.45) is -0.0665. The molecule has 2 N–H and O–H groups in total. The third-order valence-corrected chi connectivity index (χ3v) is 4.18. The Kier molecular flexibility index (Phi) is 6.20. The van der Waals surface area contributed by atoms with E-state index >= 15 is 0 Å². The van der Waals surface area contributed by atoms with Gasteiger partial charge in [0.05, 0.1) is 35.9 Å². The average Bonchev–Trinajstić information content (AvgIpc) is 3.08. The minimum absolute atomic E-state index is 0.0582. The summed E-state index contributed by atoms with van der Waals surface area (Å²) in [4.78, 5) is 20.6. The minimum Gasteiger partial charge on any atom is -0.482 e. The molecule has 3 heterocycles. The van der Waals surface area contributed by atoms with Crippen LogP contribution in [0.1, 0.15) is 28.7 Å². The smallest absolute Gasteiger partial charge is 0.422 e. The summed E-state index contributed by atoms with van der Waals surface area (Å²) >= 11 is 0. The number of carbonyl (C=O) groups is 1. The van der Waals surface area contributed by atoms with E-state index in [1.54, 1.807) is 36.9 Å². The first kappa shape index (κ1) is 21.5. The van der Waals surface area contributed by atoms with Crippen molar-refractivity contribution in [3.05, 3.63) is 47.7 Å². The first-order valence-electron chi connectivity index (χ1n) is 9.05. The number of ether oxygens (including phenoxy) is 1. The summed E-state index contributed by atoms with van der Waals surface area (Å²) < 4.78 is 43.3. The molecule has 3 rings (SSSR count). The van der Waals surface area contributed by atoms with Gasteiger partial charge < -0.3 is 15.2 Å². The molecule has 0 fully saturated rings. The van der Waals surface area contributed by atoms with Crippen LogP contribution in [0.4, 0.5) is 13.2 Å². The molecule has 1 amide bonds. The third kappa shape index (κ3) is 5.23. The second kappa shape index (κ2) is 8.66. The van der Waals surface area contributed by atoms with Gasteiger partial charge in [-0.15, -0.1) is 0 Å². The van der Waals surface area contributed by atoms with Crippen LogP contribution in [-0.2, 0) is 6.54 Å². The highest BCUT2D eigenvalue weighted by atomic mass is 19.4. The average molecular weight is 423 g/mol. The number of halogens is 3. The van der Waals surface area contributed by atoms with Gasteiger partial charge in [0.15, 0.2) is 6.61 Å². The number of hydrogen-bond donors (Lipinski definition) is 2. The third-order valence-electron chi connectivity index (χ3n) is 4.18. The molecule has 0 aromatic carbocycles. The molecule has 0 spiro atoms. The Hall–Kier alpha value is -3.21. The predicted molar refractivity (Wildman–Crippen MR) is 101 cm³/mol. The Morgan fingerprint density at radius 1 is 1.37 bits per heavy atom. The molecule has 1 atom stereocenters. The summed E-state index contributed by atoms with van der Waals surface area (Å²) in [5.41, 5.74) is 1.81. The molecule has 3 aromatic rings. The van der Waals surface area contributed by atoms with Gasteiger partial charge in [0.1, 0.15) is 11.4 Å². The molecule has 0 aliphatic rings. The van der Waals surface area contributed by atoms with E-state index in [0.717, 1.165) is 0 Å². The standard InChI is InChI=1S/C19H20F3N5O3/c1-11-5-13(24-6-16(11)30-10-19(20,21)22)7-27-8-14-15(26-27)3-4-23-17(14)18(29)25-12(2)9-28/h3-6,8,12,28H,7,9-10H2,1-2H3,(H,25,29). The van der Waals surface area contributed by atoms with Crippen LogP contribution in [0.2, 0.25) is 0 Å². The van der Waals surface area contributed by atoms with Crippen molar-refractivity contribution in [3.8, 4) is 5.75 Å². The number of pyridine rings is 2. The van der Waals surface area contributed by atoms with Crippen molar-refractivity contribution in [2.45, 2.75) is 32.6 Å². The normalized spacial score (nSPS) is 12.7. The number of rotatable bonds is 7. The van der Waals surface area contributed by atoms with Gasteiger partial charge >= 0.3 is 6.18 Å². The summed E-state index contributed by atoms with van der Waals surface area (Å²) in [7, 11) is 0. The molecule has 160 valence electrons. The topological polar surface area (TPSA) is 102 Å². The van der Waals surface area contributed by atoms with Crippen LogP contribution in [0.5, 0.6) is 5.75 Å². The Labute approximate surface area is 169 Å². The van der Waals surface area contributed by atoms with E-state index in [0.29, 0.717) is 22.2 Å². The molecule has 0 aliphatic carbocycles. The second-order valence-electron chi connectivity index (χ2n) is 6.82. The molecule has 8 nitrogen and oxygen atoms in total. The zero-order valence-electron chi connectivity index (χ0n) is 16.3. The predicted octanol–water partition coefficient (Wildman–Crippen LogP) is 2.23. The van der Waals surface area contributed by atoms with Crippen LogP contribution < -0.4 is 10.1 Å². The number of hydrogen-bond acceptors (Lipinski definition) is 6. The number of nitrogens with zero attached hydrogens (tertiary/aromatic N) is 4. The summed E-state index contributed by atoms with van der Waals surface area (Å²) in [6.45, 7) is 1.95. The van der Waals surface area contributed by atoms with Crippen LogP contribution in [-0.4, -0.2) is 56.2 Å². The van der Waals surface area contributed by atoms with Crippen molar-refractivity contribution in [2.75, 3.05) is 13.2 Å². The molecule has 0 aliphatic heterocycles. The highest BCUT2D eigenvalue weighted by molar-refractivity contribution is 6.04. The van der Waals surface area contributed by atoms with E-state index in [-0.39, 0.29) is 24.6 Å². The molecule has 0 radical (unpaired) electrons. The van der Waals surface area contributed by atoms with Gasteiger partial charge in [0, 0.05) is 18.4 Å². The summed E-state index contributed by atoms with van der Waals surface area (Å²) in [5, 5.41) is 16.7. The van der Waals surface area contributed by atoms with Gasteiger partial charge in [-0.2, -0.15) is 18.3 Å². The number of fused-ring (bicyclic) bond motifs is 1. The van der Waals surface area contributed by atoms with E-state index in [2.05, 4.69) is 20.4 Å². The van der Waals surface area contributed by atoms with Crippen LogP contribution in [0.15, 0.2) is 30.7 Å². The number of aliphatic hydroxyl groups is 1. The van der Waals surface area contributed by atoms with Gasteiger partial charge in [-0.3, -0.25) is 19.4 Å². The molecule has 0 saturated heterocycles. The lowest BCUT2D eigenvalue weighted by atomic mass is 10.2. The number of aromatic nitrogens is 4. The highest BCUT2D eigenvalue weighted by Crippen LogP contribution is 2.22. The van der Waals surface area contributed by atoms with Crippen LogP contribution in [0, 0.1) is 6.92 Å². The van der Waals surface area contributed by atoms with Gasteiger partial charge in [0.2, 0.25) is 0 Å². The zero-order chi connectivity index (χ0) is 21.9. The SMILES string of the molecule is Cc1cc(Cn2cc3c(C(=O)NC(C)CO)nccc3n2)ncc1OCC(F)(F)F. The Balaban J connectivity index is 1.79. The van der Waals surface area contributed by atoms with Crippen molar-refractivity contribution < 1.29 is 27.8 Å². The molecule has 11 heteroatoms. The molecule has 0 saturated carbocycles. The fourth-order valence-corrected chi connectivity index (χ4v) is 2.76. The maximum Gasteiger partial charge on any atom is 0.422 e. The molecule has 0 bridgehead atoms. The minimum atomic E-state index is -4.42. The molecule has 30 heavy (non-hydrogen) atoms. The maximum absolute atomic E-state index is 12.4. The summed E-state index contributed by atoms with van der Waals surface area (Å²) in [6, 6.07) is 2.85. The fourth-order valence-electron chi connectivity index (χ4n) is 2.76. The van der Waals surface area contributed by atoms with Crippen LogP contribution >= 0.6 is 0 Å². The largest absolute Gasteiger partial charge is 0.482 e. The van der Waals surface area contributed by atoms with Crippen molar-refractivity contribution in [3.63, 3.8) is 0 Å². The number of alkyl halides is 3. The zero-order valence-corrected chi connectivity index (χ0v) is 16.3. The maximum atomic E-state index is 12.4. The number of amides is 1. The van der Waals surface area contributed by atoms with E-state index in [1.807, 2.05) is 0 Å². The Morgan fingerprint density at radius 2 is 2.13 bits per heavy atom. The fraction of sp³-hybridized carbons (Fsp3) is 0.368. The number of aliphatic hydroxyl groups excluding tert-OH is 1. The van der Waals surface area contributed by atoms with E-state index in [9.17, 15) is 18.0 Å². The van der Waals surface area contributed by atoms with Crippen LogP contribution in [0.25, 0.3) is 10.9 Å². The molecular weight excluding hydrogens is 403 g/mol. The van der Waals surface area contributed by atoms with Crippen molar-refractivity contribution in [1.29, 1.82) is 0 Å². The van der Waals surface area contributed by atoms with Crippen molar-refractivity contribution in [1.82, 2.24) is 25.1 Å².